The molecule has 0 heterocycles. The molecule has 0 aliphatic carbocycles. The van der Waals surface area contributed by atoms with Crippen molar-refractivity contribution < 1.29 is 40.4 Å². The largest absolute Gasteiger partial charge is 0.741 e. The van der Waals surface area contributed by atoms with Gasteiger partial charge >= 0.3 is 5.51 Å². The molecule has 0 aliphatic heterocycles. The van der Waals surface area contributed by atoms with Crippen LogP contribution < -0.4 is 14.2 Å². The van der Waals surface area contributed by atoms with Crippen LogP contribution in [-0.2, 0) is 21.0 Å². The zero-order valence-corrected chi connectivity index (χ0v) is 24.2. The molecule has 3 rings (SSSR count). The van der Waals surface area contributed by atoms with Crippen molar-refractivity contribution >= 4 is 21.0 Å². The summed E-state index contributed by atoms with van der Waals surface area (Å²) in [4.78, 5) is 3.48. The summed E-state index contributed by atoms with van der Waals surface area (Å²) in [5.74, 6) is 2.37. The predicted octanol–water partition coefficient (Wildman–Crippen LogP) is 7.20. The van der Waals surface area contributed by atoms with E-state index in [2.05, 4.69) is 48.5 Å². The lowest BCUT2D eigenvalue weighted by molar-refractivity contribution is -0.0517. The number of alkyl halides is 3. The highest BCUT2D eigenvalue weighted by molar-refractivity contribution is 7.97. The zero-order chi connectivity index (χ0) is 29.4. The Morgan fingerprint density at radius 2 is 1.03 bits per heavy atom. The van der Waals surface area contributed by atoms with Crippen molar-refractivity contribution in [2.75, 3.05) is 0 Å². The number of benzene rings is 3. The van der Waals surface area contributed by atoms with Gasteiger partial charge < -0.3 is 18.8 Å². The van der Waals surface area contributed by atoms with Gasteiger partial charge in [0.25, 0.3) is 0 Å². The maximum atomic E-state index is 10.7. The van der Waals surface area contributed by atoms with Crippen molar-refractivity contribution in [2.45, 2.75) is 80.0 Å². The van der Waals surface area contributed by atoms with Crippen molar-refractivity contribution in [3.05, 3.63) is 72.8 Å². The molecule has 0 aromatic heterocycles. The molecule has 3 aromatic carbocycles. The van der Waals surface area contributed by atoms with Gasteiger partial charge in [0.05, 0.1) is 18.3 Å². The van der Waals surface area contributed by atoms with Gasteiger partial charge in [0.1, 0.15) is 16.6 Å². The fraction of sp³-hybridized carbons (Fsp3) is 0.357. The van der Waals surface area contributed by atoms with Gasteiger partial charge in [-0.25, -0.2) is 8.42 Å². The number of rotatable bonds is 9. The van der Waals surface area contributed by atoms with E-state index in [1.165, 1.54) is 9.79 Å². The molecule has 0 fully saturated rings. The van der Waals surface area contributed by atoms with Gasteiger partial charge in [0, 0.05) is 12.1 Å². The maximum Gasteiger partial charge on any atom is 0.485 e. The lowest BCUT2D eigenvalue weighted by atomic mass is 10.2. The SMILES string of the molecule is CC(C)Oc1cc(OC(C)C)c([S+](c2ccccc2)c2ccccc2)c(OC(C)C)c1.O=S(=O)([O-])C(F)(F)F. The van der Waals surface area contributed by atoms with Crippen molar-refractivity contribution in [3.63, 3.8) is 0 Å². The average molecular weight is 587 g/mol. The van der Waals surface area contributed by atoms with Gasteiger partial charge in [0.15, 0.2) is 31.4 Å². The summed E-state index contributed by atoms with van der Waals surface area (Å²) in [6.07, 6.45) is 0.111. The molecule has 0 saturated heterocycles. The smallest absolute Gasteiger partial charge is 0.485 e. The highest BCUT2D eigenvalue weighted by Crippen LogP contribution is 2.45. The minimum Gasteiger partial charge on any atom is -0.741 e. The predicted molar refractivity (Wildman–Crippen MR) is 145 cm³/mol. The standard InChI is InChI=1S/C27H33O3S.CHF3O3S/c1-19(2)28-22-17-25(29-20(3)4)27(26(18-22)30-21(5)6)31(23-13-9-7-10-14-23)24-15-11-8-12-16-24;2-1(3,4)8(5,6)7/h7-21H,1-6H3;(H,5,6,7)/q+1;/p-1. The monoisotopic (exact) mass is 586 g/mol. The number of hydrogen-bond acceptors (Lipinski definition) is 6. The number of halogens is 3. The molecule has 0 N–H and O–H groups in total. The molecular formula is C28H33F3O6S2. The molecule has 0 saturated carbocycles. The minimum absolute atomic E-state index is 0.0250. The van der Waals surface area contributed by atoms with Crippen LogP contribution in [0.2, 0.25) is 0 Å². The van der Waals surface area contributed by atoms with Gasteiger partial charge in [0.2, 0.25) is 4.90 Å². The topological polar surface area (TPSA) is 84.9 Å². The molecule has 39 heavy (non-hydrogen) atoms. The Kier molecular flexibility index (Phi) is 11.6. The molecule has 0 bridgehead atoms. The third-order valence-electron chi connectivity index (χ3n) is 4.54. The molecular weight excluding hydrogens is 553 g/mol. The number of hydrogen-bond donors (Lipinski definition) is 0. The third-order valence-corrected chi connectivity index (χ3v) is 7.40. The molecule has 11 heteroatoms. The summed E-state index contributed by atoms with van der Waals surface area (Å²) >= 11 is 0. The Morgan fingerprint density at radius 1 is 0.692 bits per heavy atom. The fourth-order valence-electron chi connectivity index (χ4n) is 3.26. The van der Waals surface area contributed by atoms with E-state index in [0.717, 1.165) is 22.1 Å². The highest BCUT2D eigenvalue weighted by atomic mass is 32.2. The normalized spacial score (nSPS) is 11.9. The van der Waals surface area contributed by atoms with Gasteiger partial charge in [-0.3, -0.25) is 0 Å². The molecule has 0 aliphatic rings. The summed E-state index contributed by atoms with van der Waals surface area (Å²) in [6, 6.07) is 25.1. The van der Waals surface area contributed by atoms with Crippen LogP contribution in [0.5, 0.6) is 17.2 Å². The second kappa shape index (κ2) is 14.0. The maximum absolute atomic E-state index is 10.7. The van der Waals surface area contributed by atoms with E-state index >= 15 is 0 Å². The van der Waals surface area contributed by atoms with E-state index in [4.69, 9.17) is 27.2 Å². The lowest BCUT2D eigenvalue weighted by Crippen LogP contribution is -2.21. The Bertz CT molecular complexity index is 1210. The molecule has 0 radical (unpaired) electrons. The Labute approximate surface area is 231 Å². The fourth-order valence-corrected chi connectivity index (χ4v) is 5.48. The van der Waals surface area contributed by atoms with Crippen LogP contribution in [0.1, 0.15) is 41.5 Å². The van der Waals surface area contributed by atoms with Crippen molar-refractivity contribution in [1.29, 1.82) is 0 Å². The molecule has 0 unspecified atom stereocenters. The average Bonchev–Trinajstić information content (AvgIpc) is 2.80. The summed E-state index contributed by atoms with van der Waals surface area (Å²) in [7, 11) is -6.49. The third kappa shape index (κ3) is 9.98. The molecule has 214 valence electrons. The Morgan fingerprint density at radius 3 is 1.31 bits per heavy atom. The first-order valence-electron chi connectivity index (χ1n) is 12.1. The Balaban J connectivity index is 0.000000580. The van der Waals surface area contributed by atoms with Crippen LogP contribution in [0.15, 0.2) is 87.5 Å². The number of ether oxygens (including phenoxy) is 3. The van der Waals surface area contributed by atoms with Gasteiger partial charge in [-0.05, 0) is 65.8 Å². The van der Waals surface area contributed by atoms with Crippen LogP contribution in [0.25, 0.3) is 0 Å². The Hall–Kier alpha value is -2.89. The second-order valence-corrected chi connectivity index (χ2v) is 12.4. The van der Waals surface area contributed by atoms with Gasteiger partial charge in [-0.1, -0.05) is 36.4 Å². The quantitative estimate of drug-likeness (QED) is 0.150. The van der Waals surface area contributed by atoms with Gasteiger partial charge in [-0.15, -0.1) is 0 Å². The van der Waals surface area contributed by atoms with Crippen LogP contribution in [-0.4, -0.2) is 36.8 Å². The van der Waals surface area contributed by atoms with Gasteiger partial charge in [-0.2, -0.15) is 13.2 Å². The zero-order valence-electron chi connectivity index (χ0n) is 22.6. The van der Waals surface area contributed by atoms with Crippen molar-refractivity contribution in [3.8, 4) is 17.2 Å². The van der Waals surface area contributed by atoms with E-state index in [9.17, 15) is 13.2 Å². The molecule has 0 amide bonds. The molecule has 3 aromatic rings. The first-order valence-corrected chi connectivity index (χ1v) is 14.8. The summed E-state index contributed by atoms with van der Waals surface area (Å²) in [6.45, 7) is 12.2. The second-order valence-electron chi connectivity index (χ2n) is 9.08. The molecule has 6 nitrogen and oxygen atoms in total. The molecule has 0 atom stereocenters. The van der Waals surface area contributed by atoms with E-state index in [1.807, 2.05) is 65.8 Å². The summed E-state index contributed by atoms with van der Waals surface area (Å²) < 4.78 is 77.7. The van der Waals surface area contributed by atoms with Crippen molar-refractivity contribution in [1.82, 2.24) is 0 Å². The van der Waals surface area contributed by atoms with E-state index in [1.54, 1.807) is 0 Å². The summed E-state index contributed by atoms with van der Waals surface area (Å²) in [5, 5.41) is 0. The van der Waals surface area contributed by atoms with Crippen LogP contribution in [0, 0.1) is 0 Å². The van der Waals surface area contributed by atoms with Crippen molar-refractivity contribution in [2.24, 2.45) is 0 Å². The molecule has 0 spiro atoms. The van der Waals surface area contributed by atoms with E-state index in [-0.39, 0.29) is 18.3 Å². The summed E-state index contributed by atoms with van der Waals surface area (Å²) in [5.41, 5.74) is -5.65. The highest BCUT2D eigenvalue weighted by Gasteiger charge is 2.38. The minimum atomic E-state index is -6.09. The first kappa shape index (κ1) is 32.3. The van der Waals surface area contributed by atoms with Crippen LogP contribution in [0.3, 0.4) is 0 Å². The first-order chi connectivity index (χ1) is 18.1. The van der Waals surface area contributed by atoms with E-state index < -0.39 is 26.5 Å². The lowest BCUT2D eigenvalue weighted by Gasteiger charge is -2.21. The van der Waals surface area contributed by atoms with Crippen LogP contribution in [0.4, 0.5) is 13.2 Å². The van der Waals surface area contributed by atoms with Crippen LogP contribution >= 0.6 is 0 Å². The van der Waals surface area contributed by atoms with E-state index in [0.29, 0.717) is 0 Å².